The molecular weight excluding hydrogens is 234 g/mol. The van der Waals surface area contributed by atoms with E-state index in [9.17, 15) is 0 Å². The van der Waals surface area contributed by atoms with E-state index in [2.05, 4.69) is 29.2 Å². The predicted molar refractivity (Wildman–Crippen MR) is 76.9 cm³/mol. The predicted octanol–water partition coefficient (Wildman–Crippen LogP) is 2.83. The standard InChI is InChI=1S/C17H21NO/c19-11-12-1-7-15(8-2-12)18-9-16-13-3-4-14(6-5-13)17(16)10-18/h1-4,7-8,13-14,16-17,19H,5-6,9-11H2. The van der Waals surface area contributed by atoms with Crippen molar-refractivity contribution in [3.05, 3.63) is 42.0 Å². The number of rotatable bonds is 2. The van der Waals surface area contributed by atoms with Crippen molar-refractivity contribution < 1.29 is 5.11 Å². The molecule has 4 atom stereocenters. The number of aliphatic hydroxyl groups excluding tert-OH is 1. The maximum absolute atomic E-state index is 9.12. The van der Waals surface area contributed by atoms with E-state index in [1.807, 2.05) is 12.1 Å². The molecule has 19 heavy (non-hydrogen) atoms. The summed E-state index contributed by atoms with van der Waals surface area (Å²) in [6.45, 7) is 2.57. The first-order chi connectivity index (χ1) is 9.35. The van der Waals surface area contributed by atoms with E-state index in [0.29, 0.717) is 0 Å². The number of fused-ring (bicyclic) bond motifs is 1. The number of allylic oxidation sites excluding steroid dienone is 2. The van der Waals surface area contributed by atoms with Gasteiger partial charge in [-0.1, -0.05) is 24.3 Å². The third-order valence-electron chi connectivity index (χ3n) is 5.44. The van der Waals surface area contributed by atoms with Crippen LogP contribution in [0.1, 0.15) is 18.4 Å². The summed E-state index contributed by atoms with van der Waals surface area (Å²) >= 11 is 0. The van der Waals surface area contributed by atoms with E-state index >= 15 is 0 Å². The van der Waals surface area contributed by atoms with Crippen molar-refractivity contribution >= 4 is 5.69 Å². The number of nitrogens with zero attached hydrogens (tertiary/aromatic N) is 1. The van der Waals surface area contributed by atoms with Crippen LogP contribution in [-0.2, 0) is 6.61 Å². The van der Waals surface area contributed by atoms with Gasteiger partial charge in [-0.25, -0.2) is 0 Å². The van der Waals surface area contributed by atoms with Gasteiger partial charge >= 0.3 is 0 Å². The quantitative estimate of drug-likeness (QED) is 0.821. The van der Waals surface area contributed by atoms with E-state index in [0.717, 1.165) is 29.2 Å². The topological polar surface area (TPSA) is 23.5 Å². The number of hydrogen-bond acceptors (Lipinski definition) is 2. The molecule has 2 bridgehead atoms. The van der Waals surface area contributed by atoms with Crippen LogP contribution >= 0.6 is 0 Å². The fraction of sp³-hybridized carbons (Fsp3) is 0.529. The maximum Gasteiger partial charge on any atom is 0.0681 e. The average Bonchev–Trinajstić information content (AvgIpc) is 2.96. The molecular formula is C17H21NO. The minimum atomic E-state index is 0.138. The van der Waals surface area contributed by atoms with Crippen molar-refractivity contribution in [3.63, 3.8) is 0 Å². The highest BCUT2D eigenvalue weighted by molar-refractivity contribution is 5.49. The molecule has 0 aromatic heterocycles. The summed E-state index contributed by atoms with van der Waals surface area (Å²) in [5.41, 5.74) is 2.33. The van der Waals surface area contributed by atoms with E-state index in [1.54, 1.807) is 0 Å². The van der Waals surface area contributed by atoms with Crippen LogP contribution in [0.4, 0.5) is 5.69 Å². The van der Waals surface area contributed by atoms with Crippen LogP contribution in [0.2, 0.25) is 0 Å². The molecule has 0 amide bonds. The maximum atomic E-state index is 9.12. The zero-order valence-corrected chi connectivity index (χ0v) is 11.2. The highest BCUT2D eigenvalue weighted by Crippen LogP contribution is 2.48. The Bertz CT molecular complexity index is 470. The smallest absolute Gasteiger partial charge is 0.0681 e. The van der Waals surface area contributed by atoms with Gasteiger partial charge in [0.2, 0.25) is 0 Å². The van der Waals surface area contributed by atoms with E-state index < -0.39 is 0 Å². The van der Waals surface area contributed by atoms with Crippen molar-refractivity contribution in [2.24, 2.45) is 23.7 Å². The summed E-state index contributed by atoms with van der Waals surface area (Å²) in [4.78, 5) is 2.55. The molecule has 1 saturated carbocycles. The summed E-state index contributed by atoms with van der Waals surface area (Å²) in [5.74, 6) is 3.41. The molecule has 100 valence electrons. The van der Waals surface area contributed by atoms with Gasteiger partial charge in [0.05, 0.1) is 6.61 Å². The lowest BCUT2D eigenvalue weighted by Gasteiger charge is -2.40. The Morgan fingerprint density at radius 1 is 0.947 bits per heavy atom. The Kier molecular flexibility index (Phi) is 2.66. The van der Waals surface area contributed by atoms with Gasteiger partial charge in [-0.3, -0.25) is 0 Å². The van der Waals surface area contributed by atoms with E-state index in [-0.39, 0.29) is 6.61 Å². The molecule has 1 saturated heterocycles. The average molecular weight is 255 g/mol. The molecule has 1 aromatic carbocycles. The van der Waals surface area contributed by atoms with Crippen molar-refractivity contribution in [3.8, 4) is 0 Å². The molecule has 2 fully saturated rings. The fourth-order valence-electron chi connectivity index (χ4n) is 4.36. The van der Waals surface area contributed by atoms with Gasteiger partial charge in [0.15, 0.2) is 0 Å². The van der Waals surface area contributed by atoms with Crippen LogP contribution in [0.25, 0.3) is 0 Å². The van der Waals surface area contributed by atoms with Gasteiger partial charge in [0, 0.05) is 18.8 Å². The van der Waals surface area contributed by atoms with Gasteiger partial charge in [-0.05, 0) is 54.2 Å². The fourth-order valence-corrected chi connectivity index (χ4v) is 4.36. The number of hydrogen-bond donors (Lipinski definition) is 1. The van der Waals surface area contributed by atoms with E-state index in [1.165, 1.54) is 31.6 Å². The molecule has 3 aliphatic carbocycles. The summed E-state index contributed by atoms with van der Waals surface area (Å²) in [5, 5.41) is 9.12. The Balaban J connectivity index is 1.55. The molecule has 2 nitrogen and oxygen atoms in total. The second-order valence-electron chi connectivity index (χ2n) is 6.35. The van der Waals surface area contributed by atoms with Crippen LogP contribution in [0.15, 0.2) is 36.4 Å². The first kappa shape index (κ1) is 11.5. The van der Waals surface area contributed by atoms with Crippen LogP contribution in [-0.4, -0.2) is 18.2 Å². The highest BCUT2D eigenvalue weighted by Gasteiger charge is 2.45. The highest BCUT2D eigenvalue weighted by atomic mass is 16.3. The second kappa shape index (κ2) is 4.38. The number of anilines is 1. The Morgan fingerprint density at radius 3 is 2.00 bits per heavy atom. The first-order valence-electron chi connectivity index (χ1n) is 7.48. The molecule has 5 rings (SSSR count). The van der Waals surface area contributed by atoms with E-state index in [4.69, 9.17) is 5.11 Å². The Labute approximate surface area is 114 Å². The molecule has 0 spiro atoms. The minimum Gasteiger partial charge on any atom is -0.392 e. The van der Waals surface area contributed by atoms with Gasteiger partial charge in [-0.2, -0.15) is 0 Å². The first-order valence-corrected chi connectivity index (χ1v) is 7.48. The van der Waals surface area contributed by atoms with Crippen molar-refractivity contribution in [2.75, 3.05) is 18.0 Å². The summed E-state index contributed by atoms with van der Waals surface area (Å²) in [6, 6.07) is 8.42. The lowest BCUT2D eigenvalue weighted by atomic mass is 9.64. The zero-order valence-electron chi connectivity index (χ0n) is 11.2. The van der Waals surface area contributed by atoms with Crippen LogP contribution < -0.4 is 4.90 Å². The second-order valence-corrected chi connectivity index (χ2v) is 6.35. The molecule has 1 aromatic rings. The summed E-state index contributed by atoms with van der Waals surface area (Å²) in [6.07, 6.45) is 7.76. The third kappa shape index (κ3) is 1.81. The number of aliphatic hydroxyl groups is 1. The van der Waals surface area contributed by atoms with Crippen LogP contribution in [0.3, 0.4) is 0 Å². The van der Waals surface area contributed by atoms with Crippen molar-refractivity contribution in [1.29, 1.82) is 0 Å². The largest absolute Gasteiger partial charge is 0.392 e. The van der Waals surface area contributed by atoms with Crippen LogP contribution in [0, 0.1) is 23.7 Å². The van der Waals surface area contributed by atoms with Crippen LogP contribution in [0.5, 0.6) is 0 Å². The molecule has 0 radical (unpaired) electrons. The monoisotopic (exact) mass is 255 g/mol. The zero-order chi connectivity index (χ0) is 12.8. The van der Waals surface area contributed by atoms with Gasteiger partial charge in [-0.15, -0.1) is 0 Å². The molecule has 2 heteroatoms. The molecule has 4 aliphatic rings. The van der Waals surface area contributed by atoms with Crippen molar-refractivity contribution in [2.45, 2.75) is 19.4 Å². The Morgan fingerprint density at radius 2 is 1.53 bits per heavy atom. The minimum absolute atomic E-state index is 0.138. The third-order valence-corrected chi connectivity index (χ3v) is 5.44. The SMILES string of the molecule is OCc1ccc(N2CC3C4C=CC(CC4)C3C2)cc1. The lowest BCUT2D eigenvalue weighted by molar-refractivity contribution is 0.169. The molecule has 4 unspecified atom stereocenters. The molecule has 1 N–H and O–H groups in total. The summed E-state index contributed by atoms with van der Waals surface area (Å²) in [7, 11) is 0. The molecule has 1 aliphatic heterocycles. The lowest BCUT2D eigenvalue weighted by Crippen LogP contribution is -2.35. The Hall–Kier alpha value is -1.28. The summed E-state index contributed by atoms with van der Waals surface area (Å²) < 4.78 is 0. The normalized spacial score (nSPS) is 35.7. The van der Waals surface area contributed by atoms with Crippen molar-refractivity contribution in [1.82, 2.24) is 0 Å². The number of benzene rings is 1. The van der Waals surface area contributed by atoms with Gasteiger partial charge in [0.1, 0.15) is 0 Å². The molecule has 1 heterocycles. The van der Waals surface area contributed by atoms with Gasteiger partial charge in [0.25, 0.3) is 0 Å². The van der Waals surface area contributed by atoms with Gasteiger partial charge < -0.3 is 10.0 Å².